The summed E-state index contributed by atoms with van der Waals surface area (Å²) in [6.45, 7) is 1.87. The molecule has 2 heterocycles. The number of halogens is 1. The van der Waals surface area contributed by atoms with Gasteiger partial charge in [-0.25, -0.2) is 9.37 Å². The van der Waals surface area contributed by atoms with Crippen molar-refractivity contribution in [2.75, 3.05) is 0 Å². The molecule has 0 aliphatic carbocycles. The number of nitrogens with zero attached hydrogens (tertiary/aromatic N) is 1. The van der Waals surface area contributed by atoms with Gasteiger partial charge in [0.25, 0.3) is 0 Å². The van der Waals surface area contributed by atoms with Crippen LogP contribution in [0.3, 0.4) is 0 Å². The third-order valence-electron chi connectivity index (χ3n) is 3.00. The quantitative estimate of drug-likeness (QED) is 0.771. The van der Waals surface area contributed by atoms with Gasteiger partial charge in [-0.3, -0.25) is 0 Å². The van der Waals surface area contributed by atoms with Gasteiger partial charge in [0.2, 0.25) is 0 Å². The van der Waals surface area contributed by atoms with Crippen LogP contribution in [-0.2, 0) is 6.61 Å². The molecule has 102 valence electrons. The first kappa shape index (κ1) is 13.0. The average Bonchev–Trinajstić information content (AvgIpc) is 3.05. The van der Waals surface area contributed by atoms with E-state index >= 15 is 0 Å². The van der Waals surface area contributed by atoms with Crippen LogP contribution >= 0.6 is 11.3 Å². The fourth-order valence-corrected chi connectivity index (χ4v) is 2.95. The molecule has 2 aromatic heterocycles. The molecule has 0 spiro atoms. The van der Waals surface area contributed by atoms with E-state index in [2.05, 4.69) is 21.4 Å². The summed E-state index contributed by atoms with van der Waals surface area (Å²) in [5, 5.41) is 11.3. The summed E-state index contributed by atoms with van der Waals surface area (Å²) in [6.07, 6.45) is 0. The largest absolute Gasteiger partial charge is 0.388 e. The lowest BCUT2D eigenvalue weighted by Gasteiger charge is -2.00. The van der Waals surface area contributed by atoms with Gasteiger partial charge in [0.1, 0.15) is 18.2 Å². The molecule has 3 nitrogen and oxygen atoms in total. The van der Waals surface area contributed by atoms with E-state index in [0.29, 0.717) is 5.82 Å². The zero-order chi connectivity index (χ0) is 14.1. The monoisotopic (exact) mass is 288 g/mol. The van der Waals surface area contributed by atoms with E-state index in [1.165, 1.54) is 17.7 Å². The van der Waals surface area contributed by atoms with Crippen molar-refractivity contribution in [3.8, 4) is 21.8 Å². The average molecular weight is 288 g/mol. The lowest BCUT2D eigenvalue weighted by molar-refractivity contribution is 0.272. The summed E-state index contributed by atoms with van der Waals surface area (Å²) in [7, 11) is 0. The van der Waals surface area contributed by atoms with Crippen LogP contribution in [0.4, 0.5) is 4.39 Å². The normalized spacial score (nSPS) is 10.9. The molecule has 0 atom stereocenters. The maximum absolute atomic E-state index is 13.0. The number of hydrogen-bond acceptors (Lipinski definition) is 3. The molecule has 5 heteroatoms. The summed E-state index contributed by atoms with van der Waals surface area (Å²) in [5.41, 5.74) is 3.59. The van der Waals surface area contributed by atoms with Gasteiger partial charge in [0.05, 0.1) is 16.3 Å². The van der Waals surface area contributed by atoms with Crippen molar-refractivity contribution in [3.05, 3.63) is 52.9 Å². The molecule has 1 aromatic carbocycles. The molecule has 0 unspecified atom stereocenters. The molecule has 0 aliphatic rings. The number of benzene rings is 1. The van der Waals surface area contributed by atoms with E-state index in [0.717, 1.165) is 21.8 Å². The second-order valence-corrected chi connectivity index (χ2v) is 5.47. The molecule has 0 saturated carbocycles. The van der Waals surface area contributed by atoms with E-state index in [4.69, 9.17) is 0 Å². The molecule has 20 heavy (non-hydrogen) atoms. The van der Waals surface area contributed by atoms with Crippen LogP contribution in [0.2, 0.25) is 0 Å². The number of rotatable bonds is 3. The number of nitrogens with one attached hydrogen (secondary N) is 1. The van der Waals surface area contributed by atoms with Crippen molar-refractivity contribution >= 4 is 11.3 Å². The van der Waals surface area contributed by atoms with Crippen LogP contribution in [0.15, 0.2) is 35.7 Å². The molecule has 3 rings (SSSR count). The molecular formula is C15H13FN2OS. The maximum Gasteiger partial charge on any atom is 0.133 e. The summed E-state index contributed by atoms with van der Waals surface area (Å²) in [4.78, 5) is 8.57. The molecule has 0 fully saturated rings. The Morgan fingerprint density at radius 1 is 1.30 bits per heavy atom. The molecule has 3 aromatic rings. The summed E-state index contributed by atoms with van der Waals surface area (Å²) >= 11 is 1.61. The summed E-state index contributed by atoms with van der Waals surface area (Å²) in [6, 6.07) is 8.26. The predicted molar refractivity (Wildman–Crippen MR) is 78.0 cm³/mol. The van der Waals surface area contributed by atoms with Gasteiger partial charge in [0, 0.05) is 5.56 Å². The van der Waals surface area contributed by atoms with Crippen LogP contribution in [0, 0.1) is 12.7 Å². The highest BCUT2D eigenvalue weighted by atomic mass is 32.1. The van der Waals surface area contributed by atoms with E-state index in [1.54, 1.807) is 23.5 Å². The Morgan fingerprint density at radius 2 is 2.05 bits per heavy atom. The minimum Gasteiger partial charge on any atom is -0.388 e. The fourth-order valence-electron chi connectivity index (χ4n) is 2.05. The Kier molecular flexibility index (Phi) is 3.38. The van der Waals surface area contributed by atoms with E-state index in [9.17, 15) is 9.50 Å². The third-order valence-corrected chi connectivity index (χ3v) is 4.06. The molecule has 0 radical (unpaired) electrons. The number of aryl methyl sites for hydroxylation is 1. The fraction of sp³-hybridized carbons (Fsp3) is 0.133. The minimum atomic E-state index is -0.278. The van der Waals surface area contributed by atoms with Crippen molar-refractivity contribution in [3.63, 3.8) is 0 Å². The van der Waals surface area contributed by atoms with Gasteiger partial charge >= 0.3 is 0 Å². The van der Waals surface area contributed by atoms with Crippen LogP contribution < -0.4 is 0 Å². The zero-order valence-corrected chi connectivity index (χ0v) is 11.7. The zero-order valence-electron chi connectivity index (χ0n) is 10.9. The second kappa shape index (κ2) is 5.19. The van der Waals surface area contributed by atoms with Crippen LogP contribution in [0.25, 0.3) is 21.8 Å². The number of H-pyrrole nitrogens is 1. The highest BCUT2D eigenvalue weighted by Crippen LogP contribution is 2.34. The van der Waals surface area contributed by atoms with Crippen molar-refractivity contribution < 1.29 is 9.50 Å². The number of aromatic nitrogens is 2. The lowest BCUT2D eigenvalue weighted by atomic mass is 10.1. The number of imidazole rings is 1. The molecule has 0 bridgehead atoms. The van der Waals surface area contributed by atoms with Crippen molar-refractivity contribution in [1.29, 1.82) is 0 Å². The van der Waals surface area contributed by atoms with Gasteiger partial charge in [-0.2, -0.15) is 0 Å². The highest BCUT2D eigenvalue weighted by molar-refractivity contribution is 7.13. The SMILES string of the molecule is Cc1csc(-c2[nH]c(CO)nc2-c2ccc(F)cc2)c1. The minimum absolute atomic E-state index is 0.154. The Labute approximate surface area is 119 Å². The van der Waals surface area contributed by atoms with Crippen molar-refractivity contribution in [2.24, 2.45) is 0 Å². The standard InChI is InChI=1S/C15H13FN2OS/c1-9-6-12(20-8-9)15-14(17-13(7-19)18-15)10-2-4-11(16)5-3-10/h2-6,8,19H,7H2,1H3,(H,17,18). The van der Waals surface area contributed by atoms with Crippen LogP contribution in [0.1, 0.15) is 11.4 Å². The van der Waals surface area contributed by atoms with Gasteiger partial charge in [-0.1, -0.05) is 0 Å². The Morgan fingerprint density at radius 3 is 2.65 bits per heavy atom. The molecule has 0 aliphatic heterocycles. The van der Waals surface area contributed by atoms with Crippen molar-refractivity contribution in [1.82, 2.24) is 9.97 Å². The van der Waals surface area contributed by atoms with Gasteiger partial charge in [-0.15, -0.1) is 11.3 Å². The van der Waals surface area contributed by atoms with Gasteiger partial charge in [0.15, 0.2) is 0 Å². The third kappa shape index (κ3) is 2.37. The number of hydrogen-bond donors (Lipinski definition) is 2. The number of aliphatic hydroxyl groups is 1. The summed E-state index contributed by atoms with van der Waals surface area (Å²) < 4.78 is 13.0. The predicted octanol–water partition coefficient (Wildman–Crippen LogP) is 3.75. The van der Waals surface area contributed by atoms with Crippen LogP contribution in [0.5, 0.6) is 0 Å². The number of aliphatic hydroxyl groups excluding tert-OH is 1. The topological polar surface area (TPSA) is 48.9 Å². The lowest BCUT2D eigenvalue weighted by Crippen LogP contribution is -1.84. The highest BCUT2D eigenvalue weighted by Gasteiger charge is 2.15. The van der Waals surface area contributed by atoms with E-state index in [-0.39, 0.29) is 12.4 Å². The first-order valence-corrected chi connectivity index (χ1v) is 7.06. The van der Waals surface area contributed by atoms with Crippen molar-refractivity contribution in [2.45, 2.75) is 13.5 Å². The van der Waals surface area contributed by atoms with Gasteiger partial charge < -0.3 is 10.1 Å². The second-order valence-electron chi connectivity index (χ2n) is 4.56. The number of thiophene rings is 1. The summed E-state index contributed by atoms with van der Waals surface area (Å²) in [5.74, 6) is 0.227. The molecule has 0 saturated heterocycles. The smallest absolute Gasteiger partial charge is 0.133 e. The molecular weight excluding hydrogens is 275 g/mol. The first-order chi connectivity index (χ1) is 9.67. The van der Waals surface area contributed by atoms with Crippen LogP contribution in [-0.4, -0.2) is 15.1 Å². The molecule has 0 amide bonds. The number of aromatic amines is 1. The van der Waals surface area contributed by atoms with E-state index < -0.39 is 0 Å². The van der Waals surface area contributed by atoms with E-state index in [1.807, 2.05) is 6.92 Å². The first-order valence-electron chi connectivity index (χ1n) is 6.18. The Hall–Kier alpha value is -1.98. The Bertz CT molecular complexity index is 731. The Balaban J connectivity index is 2.14. The molecule has 2 N–H and O–H groups in total. The van der Waals surface area contributed by atoms with Gasteiger partial charge in [-0.05, 0) is 48.2 Å². The maximum atomic E-state index is 13.0.